The van der Waals surface area contributed by atoms with E-state index in [1.54, 1.807) is 6.20 Å². The SMILES string of the molecule is CCC(NC(=O)c1ccc(F)c(Br)c1)c1nccs1. The zero-order valence-corrected chi connectivity index (χ0v) is 12.6. The Labute approximate surface area is 123 Å². The van der Waals surface area contributed by atoms with Crippen molar-refractivity contribution < 1.29 is 9.18 Å². The standard InChI is InChI=1S/C13H12BrFN2OS/c1-2-11(13-16-5-6-19-13)17-12(18)8-3-4-10(15)9(14)7-8/h3-7,11H,2H2,1H3,(H,17,18). The van der Waals surface area contributed by atoms with Crippen LogP contribution < -0.4 is 5.32 Å². The zero-order chi connectivity index (χ0) is 13.8. The molecule has 100 valence electrons. The van der Waals surface area contributed by atoms with E-state index in [1.807, 2.05) is 12.3 Å². The molecule has 1 aromatic carbocycles. The number of nitrogens with zero attached hydrogens (tertiary/aromatic N) is 1. The fourth-order valence-electron chi connectivity index (χ4n) is 1.62. The largest absolute Gasteiger partial charge is 0.343 e. The molecule has 1 N–H and O–H groups in total. The van der Waals surface area contributed by atoms with Gasteiger partial charge >= 0.3 is 0 Å². The van der Waals surface area contributed by atoms with Crippen LogP contribution in [0.15, 0.2) is 34.2 Å². The van der Waals surface area contributed by atoms with Crippen LogP contribution in [0.5, 0.6) is 0 Å². The number of aromatic nitrogens is 1. The lowest BCUT2D eigenvalue weighted by Crippen LogP contribution is -2.28. The summed E-state index contributed by atoms with van der Waals surface area (Å²) in [7, 11) is 0. The molecule has 0 saturated carbocycles. The Morgan fingerprint density at radius 1 is 1.58 bits per heavy atom. The second-order valence-corrected chi connectivity index (χ2v) is 5.71. The predicted molar refractivity (Wildman–Crippen MR) is 76.7 cm³/mol. The normalized spacial score (nSPS) is 12.2. The summed E-state index contributed by atoms with van der Waals surface area (Å²) < 4.78 is 13.4. The fraction of sp³-hybridized carbons (Fsp3) is 0.231. The first-order valence-corrected chi connectivity index (χ1v) is 7.44. The predicted octanol–water partition coefficient (Wildman–Crippen LogP) is 3.93. The molecule has 6 heteroatoms. The third-order valence-electron chi connectivity index (χ3n) is 2.64. The van der Waals surface area contributed by atoms with Crippen molar-refractivity contribution in [2.24, 2.45) is 0 Å². The van der Waals surface area contributed by atoms with Crippen molar-refractivity contribution in [3.63, 3.8) is 0 Å². The third-order valence-corrected chi connectivity index (χ3v) is 4.14. The number of halogens is 2. The second kappa shape index (κ2) is 6.25. The Bertz CT molecular complexity index is 574. The molecule has 0 spiro atoms. The maximum absolute atomic E-state index is 13.1. The highest BCUT2D eigenvalue weighted by Crippen LogP contribution is 2.21. The van der Waals surface area contributed by atoms with Crippen LogP contribution in [-0.2, 0) is 0 Å². The number of nitrogens with one attached hydrogen (secondary N) is 1. The number of carbonyl (C=O) groups excluding carboxylic acids is 1. The van der Waals surface area contributed by atoms with Crippen molar-refractivity contribution in [3.8, 4) is 0 Å². The molecule has 1 amide bonds. The molecule has 0 fully saturated rings. The van der Waals surface area contributed by atoms with Gasteiger partial charge in [-0.3, -0.25) is 4.79 Å². The minimum Gasteiger partial charge on any atom is -0.343 e. The molecule has 0 bridgehead atoms. The van der Waals surface area contributed by atoms with Crippen LogP contribution in [0.4, 0.5) is 4.39 Å². The van der Waals surface area contributed by atoms with E-state index >= 15 is 0 Å². The number of benzene rings is 1. The summed E-state index contributed by atoms with van der Waals surface area (Å²) in [5, 5.41) is 5.64. The van der Waals surface area contributed by atoms with Crippen molar-refractivity contribution in [2.75, 3.05) is 0 Å². The van der Waals surface area contributed by atoms with Gasteiger partial charge in [0, 0.05) is 17.1 Å². The fourth-order valence-corrected chi connectivity index (χ4v) is 2.78. The van der Waals surface area contributed by atoms with Crippen LogP contribution in [0.2, 0.25) is 0 Å². The van der Waals surface area contributed by atoms with Crippen molar-refractivity contribution >= 4 is 33.2 Å². The summed E-state index contributed by atoms with van der Waals surface area (Å²) in [6.45, 7) is 1.98. The first-order valence-electron chi connectivity index (χ1n) is 5.77. The molecule has 0 radical (unpaired) electrons. The van der Waals surface area contributed by atoms with Gasteiger partial charge in [-0.15, -0.1) is 11.3 Å². The molecule has 19 heavy (non-hydrogen) atoms. The van der Waals surface area contributed by atoms with Crippen LogP contribution in [0, 0.1) is 5.82 Å². The van der Waals surface area contributed by atoms with Gasteiger partial charge in [0.25, 0.3) is 5.91 Å². The maximum atomic E-state index is 13.1. The van der Waals surface area contributed by atoms with Gasteiger partial charge in [0.15, 0.2) is 0 Å². The molecule has 0 aliphatic carbocycles. The summed E-state index contributed by atoms with van der Waals surface area (Å²) >= 11 is 4.57. The van der Waals surface area contributed by atoms with Gasteiger partial charge in [-0.2, -0.15) is 0 Å². The molecule has 1 atom stereocenters. The molecule has 2 aromatic rings. The van der Waals surface area contributed by atoms with Crippen molar-refractivity contribution in [2.45, 2.75) is 19.4 Å². The van der Waals surface area contributed by atoms with E-state index in [-0.39, 0.29) is 22.2 Å². The number of amides is 1. The van der Waals surface area contributed by atoms with Gasteiger partial charge in [-0.25, -0.2) is 9.37 Å². The van der Waals surface area contributed by atoms with Gasteiger partial charge in [0.05, 0.1) is 10.5 Å². The highest BCUT2D eigenvalue weighted by Gasteiger charge is 2.16. The lowest BCUT2D eigenvalue weighted by molar-refractivity contribution is 0.0935. The summed E-state index contributed by atoms with van der Waals surface area (Å²) in [6.07, 6.45) is 2.46. The summed E-state index contributed by atoms with van der Waals surface area (Å²) in [4.78, 5) is 16.3. The van der Waals surface area contributed by atoms with Gasteiger partial charge in [-0.1, -0.05) is 6.92 Å². The lowest BCUT2D eigenvalue weighted by atomic mass is 10.1. The quantitative estimate of drug-likeness (QED) is 0.914. The summed E-state index contributed by atoms with van der Waals surface area (Å²) in [6, 6.07) is 4.09. The highest BCUT2D eigenvalue weighted by molar-refractivity contribution is 9.10. The Morgan fingerprint density at radius 2 is 2.37 bits per heavy atom. The maximum Gasteiger partial charge on any atom is 0.251 e. The molecule has 0 saturated heterocycles. The molecule has 2 rings (SSSR count). The molecule has 1 heterocycles. The molecule has 0 aliphatic heterocycles. The van der Waals surface area contributed by atoms with E-state index in [1.165, 1.54) is 29.5 Å². The van der Waals surface area contributed by atoms with Crippen molar-refractivity contribution in [3.05, 3.63) is 50.6 Å². The van der Waals surface area contributed by atoms with Gasteiger partial charge < -0.3 is 5.32 Å². The van der Waals surface area contributed by atoms with Crippen LogP contribution in [-0.4, -0.2) is 10.9 Å². The summed E-state index contributed by atoms with van der Waals surface area (Å²) in [5.41, 5.74) is 0.420. The lowest BCUT2D eigenvalue weighted by Gasteiger charge is -2.14. The van der Waals surface area contributed by atoms with E-state index in [0.29, 0.717) is 5.56 Å². The Morgan fingerprint density at radius 3 is 2.95 bits per heavy atom. The number of thiazole rings is 1. The average molecular weight is 343 g/mol. The minimum absolute atomic E-state index is 0.115. The van der Waals surface area contributed by atoms with E-state index in [4.69, 9.17) is 0 Å². The van der Waals surface area contributed by atoms with Crippen molar-refractivity contribution in [1.82, 2.24) is 10.3 Å². The Hall–Kier alpha value is -1.27. The molecule has 1 unspecified atom stereocenters. The second-order valence-electron chi connectivity index (χ2n) is 3.93. The molecule has 0 aliphatic rings. The average Bonchev–Trinajstić information content (AvgIpc) is 2.92. The van der Waals surface area contributed by atoms with Gasteiger partial charge in [0.1, 0.15) is 10.8 Å². The molecule has 1 aromatic heterocycles. The van der Waals surface area contributed by atoms with E-state index < -0.39 is 0 Å². The summed E-state index contributed by atoms with van der Waals surface area (Å²) in [5.74, 6) is -0.619. The zero-order valence-electron chi connectivity index (χ0n) is 10.2. The topological polar surface area (TPSA) is 42.0 Å². The van der Waals surface area contributed by atoms with E-state index in [9.17, 15) is 9.18 Å². The molecular weight excluding hydrogens is 331 g/mol. The van der Waals surface area contributed by atoms with Gasteiger partial charge in [0.2, 0.25) is 0 Å². The first-order chi connectivity index (χ1) is 9.11. The monoisotopic (exact) mass is 342 g/mol. The number of rotatable bonds is 4. The van der Waals surface area contributed by atoms with Gasteiger partial charge in [-0.05, 0) is 40.5 Å². The smallest absolute Gasteiger partial charge is 0.251 e. The number of carbonyl (C=O) groups is 1. The number of hydrogen-bond donors (Lipinski definition) is 1. The van der Waals surface area contributed by atoms with Crippen LogP contribution in [0.25, 0.3) is 0 Å². The molecular formula is C13H12BrFN2OS. The Balaban J connectivity index is 2.13. The third kappa shape index (κ3) is 3.39. The van der Waals surface area contributed by atoms with E-state index in [2.05, 4.69) is 26.2 Å². The number of hydrogen-bond acceptors (Lipinski definition) is 3. The van der Waals surface area contributed by atoms with Crippen LogP contribution in [0.1, 0.15) is 34.8 Å². The Kier molecular flexibility index (Phi) is 4.66. The highest BCUT2D eigenvalue weighted by atomic mass is 79.9. The first kappa shape index (κ1) is 14.1. The van der Waals surface area contributed by atoms with E-state index in [0.717, 1.165) is 11.4 Å². The minimum atomic E-state index is -0.386. The molecule has 3 nitrogen and oxygen atoms in total. The van der Waals surface area contributed by atoms with Crippen LogP contribution in [0.3, 0.4) is 0 Å². The van der Waals surface area contributed by atoms with Crippen molar-refractivity contribution in [1.29, 1.82) is 0 Å². The van der Waals surface area contributed by atoms with Crippen LogP contribution >= 0.6 is 27.3 Å².